The Morgan fingerprint density at radius 2 is 2.05 bits per heavy atom. The summed E-state index contributed by atoms with van der Waals surface area (Å²) in [6.45, 7) is 1.88. The van der Waals surface area contributed by atoms with E-state index >= 15 is 0 Å². The molecule has 0 aliphatic rings. The summed E-state index contributed by atoms with van der Waals surface area (Å²) in [4.78, 5) is 16.2. The number of aryl methyl sites for hydroxylation is 1. The van der Waals surface area contributed by atoms with Gasteiger partial charge in [0.2, 0.25) is 5.91 Å². The number of hydrogen-bond donors (Lipinski definition) is 2. The van der Waals surface area contributed by atoms with Gasteiger partial charge in [-0.3, -0.25) is 4.79 Å². The van der Waals surface area contributed by atoms with E-state index in [1.54, 1.807) is 6.20 Å². The Bertz CT molecular complexity index is 586. The number of carbonyl (C=O) groups excluding carboxylic acids is 1. The van der Waals surface area contributed by atoms with Crippen LogP contribution >= 0.6 is 15.9 Å². The van der Waals surface area contributed by atoms with E-state index in [2.05, 4.69) is 26.2 Å². The van der Waals surface area contributed by atoms with Gasteiger partial charge in [0.15, 0.2) is 0 Å². The molecular weight excluding hydrogens is 306 g/mol. The smallest absolute Gasteiger partial charge is 0.247 e. The van der Waals surface area contributed by atoms with Crippen molar-refractivity contribution in [3.63, 3.8) is 0 Å². The number of pyridine rings is 1. The van der Waals surface area contributed by atoms with Gasteiger partial charge >= 0.3 is 0 Å². The third-order valence-corrected chi connectivity index (χ3v) is 3.16. The Balaban J connectivity index is 2.13. The maximum Gasteiger partial charge on any atom is 0.247 e. The van der Waals surface area contributed by atoms with Gasteiger partial charge in [0.05, 0.1) is 0 Å². The molecule has 1 aromatic heterocycles. The highest BCUT2D eigenvalue weighted by Crippen LogP contribution is 2.18. The van der Waals surface area contributed by atoms with Crippen LogP contribution in [-0.2, 0) is 4.79 Å². The summed E-state index contributed by atoms with van der Waals surface area (Å²) >= 11 is 3.33. The first-order valence-corrected chi connectivity index (χ1v) is 6.61. The first-order valence-electron chi connectivity index (χ1n) is 5.81. The SMILES string of the molecule is Cc1cc(Br)cnc1NC(=O)[C@@H](N)c1ccccc1. The number of hydrogen-bond acceptors (Lipinski definition) is 3. The van der Waals surface area contributed by atoms with E-state index in [0.717, 1.165) is 15.6 Å². The van der Waals surface area contributed by atoms with Crippen LogP contribution in [-0.4, -0.2) is 10.9 Å². The average molecular weight is 320 g/mol. The van der Waals surface area contributed by atoms with Crippen LogP contribution in [0.25, 0.3) is 0 Å². The first-order chi connectivity index (χ1) is 9.08. The van der Waals surface area contributed by atoms with E-state index in [0.29, 0.717) is 5.82 Å². The number of anilines is 1. The zero-order chi connectivity index (χ0) is 13.8. The number of rotatable bonds is 3. The van der Waals surface area contributed by atoms with Crippen molar-refractivity contribution in [1.29, 1.82) is 0 Å². The van der Waals surface area contributed by atoms with E-state index in [1.165, 1.54) is 0 Å². The minimum absolute atomic E-state index is 0.274. The monoisotopic (exact) mass is 319 g/mol. The maximum absolute atomic E-state index is 12.1. The van der Waals surface area contributed by atoms with E-state index in [9.17, 15) is 4.79 Å². The molecule has 0 fully saturated rings. The molecule has 0 aliphatic carbocycles. The number of benzene rings is 1. The van der Waals surface area contributed by atoms with Gasteiger partial charge in [0, 0.05) is 10.7 Å². The molecule has 3 N–H and O–H groups in total. The molecule has 98 valence electrons. The number of aromatic nitrogens is 1. The molecule has 0 saturated heterocycles. The fourth-order valence-corrected chi connectivity index (χ4v) is 2.12. The highest BCUT2D eigenvalue weighted by atomic mass is 79.9. The Morgan fingerprint density at radius 1 is 1.37 bits per heavy atom. The molecule has 1 atom stereocenters. The summed E-state index contributed by atoms with van der Waals surface area (Å²) in [5, 5.41) is 2.74. The van der Waals surface area contributed by atoms with Gasteiger partial charge in [0.1, 0.15) is 11.9 Å². The number of nitrogens with two attached hydrogens (primary N) is 1. The quantitative estimate of drug-likeness (QED) is 0.914. The molecular formula is C14H14BrN3O. The molecule has 0 saturated carbocycles. The number of amides is 1. The molecule has 0 aliphatic heterocycles. The van der Waals surface area contributed by atoms with Crippen LogP contribution in [0.1, 0.15) is 17.2 Å². The van der Waals surface area contributed by atoms with Crippen molar-refractivity contribution in [2.24, 2.45) is 5.73 Å². The van der Waals surface area contributed by atoms with Crippen molar-refractivity contribution in [3.8, 4) is 0 Å². The van der Waals surface area contributed by atoms with Gasteiger partial charge in [-0.1, -0.05) is 30.3 Å². The molecule has 1 aromatic carbocycles. The molecule has 19 heavy (non-hydrogen) atoms. The van der Waals surface area contributed by atoms with Crippen molar-refractivity contribution in [3.05, 3.63) is 58.2 Å². The summed E-state index contributed by atoms with van der Waals surface area (Å²) in [6.07, 6.45) is 1.64. The first kappa shape index (κ1) is 13.7. The average Bonchev–Trinajstić information content (AvgIpc) is 2.42. The van der Waals surface area contributed by atoms with Crippen LogP contribution in [0.5, 0.6) is 0 Å². The van der Waals surface area contributed by atoms with E-state index < -0.39 is 6.04 Å². The van der Waals surface area contributed by atoms with Crippen molar-refractivity contribution >= 4 is 27.7 Å². The number of nitrogens with one attached hydrogen (secondary N) is 1. The van der Waals surface area contributed by atoms with Gasteiger partial charge in [-0.05, 0) is 40.0 Å². The van der Waals surface area contributed by atoms with E-state index in [4.69, 9.17) is 5.73 Å². The standard InChI is InChI=1S/C14H14BrN3O/c1-9-7-11(15)8-17-13(9)18-14(19)12(16)10-5-3-2-4-6-10/h2-8,12H,16H2,1H3,(H,17,18,19)/t12-/m0/s1. The summed E-state index contributed by atoms with van der Waals surface area (Å²) in [6, 6.07) is 10.4. The zero-order valence-corrected chi connectivity index (χ0v) is 12.0. The zero-order valence-electron chi connectivity index (χ0n) is 10.4. The third kappa shape index (κ3) is 3.39. The molecule has 2 rings (SSSR count). The van der Waals surface area contributed by atoms with Crippen LogP contribution in [0.3, 0.4) is 0 Å². The molecule has 0 unspecified atom stereocenters. The lowest BCUT2D eigenvalue weighted by Crippen LogP contribution is -2.28. The Kier molecular flexibility index (Phi) is 4.29. The fraction of sp³-hybridized carbons (Fsp3) is 0.143. The highest BCUT2D eigenvalue weighted by molar-refractivity contribution is 9.10. The van der Waals surface area contributed by atoms with E-state index in [1.807, 2.05) is 43.3 Å². The molecule has 2 aromatic rings. The molecule has 1 heterocycles. The van der Waals surface area contributed by atoms with Gasteiger partial charge < -0.3 is 11.1 Å². The summed E-state index contributed by atoms with van der Waals surface area (Å²) in [5.41, 5.74) is 7.57. The summed E-state index contributed by atoms with van der Waals surface area (Å²) in [7, 11) is 0. The lowest BCUT2D eigenvalue weighted by atomic mass is 10.1. The molecule has 0 radical (unpaired) electrons. The van der Waals surface area contributed by atoms with E-state index in [-0.39, 0.29) is 5.91 Å². The topological polar surface area (TPSA) is 68.0 Å². The molecule has 0 spiro atoms. The van der Waals surface area contributed by atoms with Crippen LogP contribution in [0.2, 0.25) is 0 Å². The van der Waals surface area contributed by atoms with Gasteiger partial charge in [-0.15, -0.1) is 0 Å². The minimum Gasteiger partial charge on any atom is -0.316 e. The largest absolute Gasteiger partial charge is 0.316 e. The van der Waals surface area contributed by atoms with Crippen LogP contribution in [0.4, 0.5) is 5.82 Å². The number of halogens is 1. The summed E-state index contributed by atoms with van der Waals surface area (Å²) in [5.74, 6) is 0.253. The van der Waals surface area contributed by atoms with Gasteiger partial charge in [0.25, 0.3) is 0 Å². The highest BCUT2D eigenvalue weighted by Gasteiger charge is 2.16. The predicted molar refractivity (Wildman–Crippen MR) is 78.7 cm³/mol. The normalized spacial score (nSPS) is 11.9. The van der Waals surface area contributed by atoms with Gasteiger partial charge in [-0.2, -0.15) is 0 Å². The second kappa shape index (κ2) is 5.95. The summed E-state index contributed by atoms with van der Waals surface area (Å²) < 4.78 is 0.871. The molecule has 0 bridgehead atoms. The van der Waals surface area contributed by atoms with Crippen molar-refractivity contribution in [1.82, 2.24) is 4.98 Å². The molecule has 5 heteroatoms. The second-order valence-electron chi connectivity index (χ2n) is 4.20. The van der Waals surface area contributed by atoms with Crippen molar-refractivity contribution in [2.75, 3.05) is 5.32 Å². The van der Waals surface area contributed by atoms with Crippen LogP contribution < -0.4 is 11.1 Å². The van der Waals surface area contributed by atoms with Crippen LogP contribution in [0, 0.1) is 6.92 Å². The Hall–Kier alpha value is -1.72. The fourth-order valence-electron chi connectivity index (χ4n) is 1.68. The van der Waals surface area contributed by atoms with Gasteiger partial charge in [-0.25, -0.2) is 4.98 Å². The predicted octanol–water partition coefficient (Wildman–Crippen LogP) is 2.79. The minimum atomic E-state index is -0.703. The molecule has 4 nitrogen and oxygen atoms in total. The van der Waals surface area contributed by atoms with Crippen molar-refractivity contribution < 1.29 is 4.79 Å². The van der Waals surface area contributed by atoms with Crippen LogP contribution in [0.15, 0.2) is 47.1 Å². The second-order valence-corrected chi connectivity index (χ2v) is 5.11. The number of carbonyl (C=O) groups is 1. The molecule has 1 amide bonds. The van der Waals surface area contributed by atoms with Crippen molar-refractivity contribution in [2.45, 2.75) is 13.0 Å². The maximum atomic E-state index is 12.1. The third-order valence-electron chi connectivity index (χ3n) is 2.73. The number of nitrogens with zero attached hydrogens (tertiary/aromatic N) is 1. The Morgan fingerprint density at radius 3 is 2.68 bits per heavy atom. The lowest BCUT2D eigenvalue weighted by molar-refractivity contribution is -0.117. The lowest BCUT2D eigenvalue weighted by Gasteiger charge is -2.13. The Labute approximate surface area is 120 Å².